The molecule has 0 saturated carbocycles. The fourth-order valence-electron chi connectivity index (χ4n) is 1.67. The zero-order valence-corrected chi connectivity index (χ0v) is 9.25. The third-order valence-corrected chi connectivity index (χ3v) is 2.70. The van der Waals surface area contributed by atoms with E-state index in [1.165, 1.54) is 13.0 Å². The third kappa shape index (κ3) is 4.10. The van der Waals surface area contributed by atoms with E-state index < -0.39 is 0 Å². The summed E-state index contributed by atoms with van der Waals surface area (Å²) in [4.78, 5) is 2.54. The Balaban J connectivity index is 2.18. The van der Waals surface area contributed by atoms with Crippen molar-refractivity contribution in [2.45, 2.75) is 39.7 Å². The molecule has 0 aromatic rings. The minimum atomic E-state index is 0.487. The summed E-state index contributed by atoms with van der Waals surface area (Å²) in [6, 6.07) is 0. The summed E-state index contributed by atoms with van der Waals surface area (Å²) in [5, 5.41) is 0. The van der Waals surface area contributed by atoms with E-state index in [2.05, 4.69) is 25.7 Å². The lowest BCUT2D eigenvalue weighted by atomic mass is 10.1. The molecule has 1 unspecified atom stereocenters. The van der Waals surface area contributed by atoms with E-state index in [0.717, 1.165) is 32.0 Å². The summed E-state index contributed by atoms with van der Waals surface area (Å²) < 4.78 is 5.62. The summed E-state index contributed by atoms with van der Waals surface area (Å²) in [6.45, 7) is 11.2. The van der Waals surface area contributed by atoms with Crippen LogP contribution in [0.5, 0.6) is 0 Å². The predicted molar refractivity (Wildman–Crippen MR) is 55.9 cm³/mol. The molecule has 1 aliphatic heterocycles. The van der Waals surface area contributed by atoms with Crippen LogP contribution in [0.4, 0.5) is 0 Å². The second-order valence-corrected chi connectivity index (χ2v) is 4.38. The molecule has 78 valence electrons. The topological polar surface area (TPSA) is 12.5 Å². The predicted octanol–water partition coefficient (Wildman–Crippen LogP) is 2.14. The minimum absolute atomic E-state index is 0.487. The number of hydrogen-bond donors (Lipinski definition) is 0. The molecule has 0 bridgehead atoms. The minimum Gasteiger partial charge on any atom is -0.376 e. The number of rotatable bonds is 4. The van der Waals surface area contributed by atoms with Crippen LogP contribution in [0, 0.1) is 5.92 Å². The largest absolute Gasteiger partial charge is 0.376 e. The molecule has 0 aliphatic carbocycles. The Hall–Kier alpha value is -0.0800. The van der Waals surface area contributed by atoms with Gasteiger partial charge < -0.3 is 4.74 Å². The van der Waals surface area contributed by atoms with Gasteiger partial charge in [0.2, 0.25) is 0 Å². The lowest BCUT2D eigenvalue weighted by molar-refractivity contribution is -0.0306. The van der Waals surface area contributed by atoms with Crippen molar-refractivity contribution in [3.8, 4) is 0 Å². The van der Waals surface area contributed by atoms with Crippen LogP contribution in [0.2, 0.25) is 0 Å². The highest BCUT2D eigenvalue weighted by Gasteiger charge is 2.18. The summed E-state index contributed by atoms with van der Waals surface area (Å²) in [7, 11) is 0. The first kappa shape index (κ1) is 11.0. The summed E-state index contributed by atoms with van der Waals surface area (Å²) in [5.41, 5.74) is 0. The quantitative estimate of drug-likeness (QED) is 0.665. The molecule has 0 spiro atoms. The van der Waals surface area contributed by atoms with Crippen LogP contribution in [0.1, 0.15) is 33.6 Å². The van der Waals surface area contributed by atoms with E-state index in [0.29, 0.717) is 6.10 Å². The van der Waals surface area contributed by atoms with Gasteiger partial charge in [-0.05, 0) is 25.3 Å². The molecule has 0 aromatic heterocycles. The maximum Gasteiger partial charge on any atom is 0.0700 e. The van der Waals surface area contributed by atoms with Crippen LogP contribution >= 0.6 is 0 Å². The van der Waals surface area contributed by atoms with E-state index >= 15 is 0 Å². The van der Waals surface area contributed by atoms with Crippen molar-refractivity contribution in [3.05, 3.63) is 0 Å². The molecule has 0 amide bonds. The van der Waals surface area contributed by atoms with Gasteiger partial charge in [-0.1, -0.05) is 20.8 Å². The Kier molecular flexibility index (Phi) is 4.74. The third-order valence-electron chi connectivity index (χ3n) is 2.70. The summed E-state index contributed by atoms with van der Waals surface area (Å²) >= 11 is 0. The number of morpholine rings is 1. The highest BCUT2D eigenvalue weighted by atomic mass is 16.5. The molecule has 0 radical (unpaired) electrons. The van der Waals surface area contributed by atoms with Gasteiger partial charge in [-0.2, -0.15) is 0 Å². The first-order chi connectivity index (χ1) is 6.22. The van der Waals surface area contributed by atoms with Gasteiger partial charge in [0.25, 0.3) is 0 Å². The Morgan fingerprint density at radius 1 is 1.46 bits per heavy atom. The zero-order valence-electron chi connectivity index (χ0n) is 9.25. The number of hydrogen-bond acceptors (Lipinski definition) is 2. The second-order valence-electron chi connectivity index (χ2n) is 4.38. The summed E-state index contributed by atoms with van der Waals surface area (Å²) in [5.74, 6) is 0.822. The Bertz CT molecular complexity index is 136. The molecule has 1 heterocycles. The molecule has 1 saturated heterocycles. The molecule has 13 heavy (non-hydrogen) atoms. The standard InChI is InChI=1S/C11H23NO/c1-4-11-9-12(7-8-13-11)6-5-10(2)3/h10-11H,4-9H2,1-3H3. The van der Waals surface area contributed by atoms with Gasteiger partial charge in [0.1, 0.15) is 0 Å². The smallest absolute Gasteiger partial charge is 0.0700 e. The van der Waals surface area contributed by atoms with Crippen LogP contribution in [-0.4, -0.2) is 37.2 Å². The molecular formula is C11H23NO. The molecule has 1 rings (SSSR count). The van der Waals surface area contributed by atoms with E-state index in [-0.39, 0.29) is 0 Å². The maximum atomic E-state index is 5.62. The van der Waals surface area contributed by atoms with Gasteiger partial charge >= 0.3 is 0 Å². The van der Waals surface area contributed by atoms with E-state index in [1.54, 1.807) is 0 Å². The Labute approximate surface area is 82.3 Å². The summed E-state index contributed by atoms with van der Waals surface area (Å²) in [6.07, 6.45) is 2.95. The van der Waals surface area contributed by atoms with Crippen LogP contribution < -0.4 is 0 Å². The average Bonchev–Trinajstić information content (AvgIpc) is 2.15. The van der Waals surface area contributed by atoms with Gasteiger partial charge in [-0.25, -0.2) is 0 Å². The van der Waals surface area contributed by atoms with E-state index in [1.807, 2.05) is 0 Å². The van der Waals surface area contributed by atoms with Crippen molar-refractivity contribution in [1.29, 1.82) is 0 Å². The van der Waals surface area contributed by atoms with Crippen molar-refractivity contribution in [2.75, 3.05) is 26.2 Å². The normalized spacial score (nSPS) is 25.4. The molecular weight excluding hydrogens is 162 g/mol. The molecule has 1 aliphatic rings. The van der Waals surface area contributed by atoms with Crippen molar-refractivity contribution in [3.63, 3.8) is 0 Å². The molecule has 2 heteroatoms. The number of nitrogens with zero attached hydrogens (tertiary/aromatic N) is 1. The monoisotopic (exact) mass is 185 g/mol. The molecule has 0 N–H and O–H groups in total. The molecule has 1 atom stereocenters. The maximum absolute atomic E-state index is 5.62. The molecule has 1 fully saturated rings. The molecule has 0 aromatic carbocycles. The lowest BCUT2D eigenvalue weighted by Crippen LogP contribution is -2.42. The lowest BCUT2D eigenvalue weighted by Gasteiger charge is -2.32. The van der Waals surface area contributed by atoms with Gasteiger partial charge in [-0.15, -0.1) is 0 Å². The highest BCUT2D eigenvalue weighted by molar-refractivity contribution is 4.70. The Morgan fingerprint density at radius 2 is 2.23 bits per heavy atom. The van der Waals surface area contributed by atoms with Crippen molar-refractivity contribution < 1.29 is 4.74 Å². The van der Waals surface area contributed by atoms with E-state index in [4.69, 9.17) is 4.74 Å². The van der Waals surface area contributed by atoms with Crippen LogP contribution in [0.15, 0.2) is 0 Å². The Morgan fingerprint density at radius 3 is 2.85 bits per heavy atom. The SMILES string of the molecule is CCC1CN(CCC(C)C)CCO1. The van der Waals surface area contributed by atoms with Crippen LogP contribution in [0.25, 0.3) is 0 Å². The van der Waals surface area contributed by atoms with Crippen LogP contribution in [0.3, 0.4) is 0 Å². The van der Waals surface area contributed by atoms with Gasteiger partial charge in [0.05, 0.1) is 12.7 Å². The van der Waals surface area contributed by atoms with Crippen LogP contribution in [-0.2, 0) is 4.74 Å². The van der Waals surface area contributed by atoms with E-state index in [9.17, 15) is 0 Å². The first-order valence-electron chi connectivity index (χ1n) is 5.56. The van der Waals surface area contributed by atoms with Crippen molar-refractivity contribution in [1.82, 2.24) is 4.90 Å². The van der Waals surface area contributed by atoms with Gasteiger partial charge in [0.15, 0.2) is 0 Å². The number of ether oxygens (including phenoxy) is 1. The zero-order chi connectivity index (χ0) is 9.68. The van der Waals surface area contributed by atoms with Gasteiger partial charge in [-0.3, -0.25) is 4.90 Å². The average molecular weight is 185 g/mol. The highest BCUT2D eigenvalue weighted by Crippen LogP contribution is 2.10. The van der Waals surface area contributed by atoms with Gasteiger partial charge in [0, 0.05) is 13.1 Å². The van der Waals surface area contributed by atoms with Crippen molar-refractivity contribution in [2.24, 2.45) is 5.92 Å². The fourth-order valence-corrected chi connectivity index (χ4v) is 1.67. The fraction of sp³-hybridized carbons (Fsp3) is 1.00. The molecule has 2 nitrogen and oxygen atoms in total. The van der Waals surface area contributed by atoms with Crippen molar-refractivity contribution >= 4 is 0 Å². The second kappa shape index (κ2) is 5.61. The first-order valence-corrected chi connectivity index (χ1v) is 5.56.